The molecule has 2 aromatic rings. The summed E-state index contributed by atoms with van der Waals surface area (Å²) in [5.41, 5.74) is 3.01. The Morgan fingerprint density at radius 2 is 2.15 bits per heavy atom. The highest BCUT2D eigenvalue weighted by Gasteiger charge is 2.61. The minimum Gasteiger partial charge on any atom is -0.325 e. The van der Waals surface area contributed by atoms with Crippen molar-refractivity contribution in [2.24, 2.45) is 5.41 Å². The first kappa shape index (κ1) is 17.7. The zero-order chi connectivity index (χ0) is 18.5. The van der Waals surface area contributed by atoms with E-state index < -0.39 is 0 Å². The molecule has 1 aromatic carbocycles. The number of hydrogen-bond donors (Lipinski definition) is 1. The number of aromatic nitrogens is 3. The summed E-state index contributed by atoms with van der Waals surface area (Å²) >= 11 is 7.25. The molecular weight excluding hydrogens is 368 g/mol. The Kier molecular flexibility index (Phi) is 4.23. The Bertz CT molecular complexity index is 888. The van der Waals surface area contributed by atoms with E-state index in [0.29, 0.717) is 21.8 Å². The maximum absolute atomic E-state index is 12.2. The van der Waals surface area contributed by atoms with E-state index in [4.69, 9.17) is 16.6 Å². The number of hydrogen-bond acceptors (Lipinski definition) is 5. The predicted octanol–water partition coefficient (Wildman–Crippen LogP) is 4.43. The number of anilines is 1. The quantitative estimate of drug-likeness (QED) is 0.784. The molecule has 1 saturated carbocycles. The highest BCUT2D eigenvalue weighted by Crippen LogP contribution is 2.66. The summed E-state index contributed by atoms with van der Waals surface area (Å²) in [6.07, 6.45) is 2.29. The van der Waals surface area contributed by atoms with Crippen LogP contribution in [0.1, 0.15) is 50.9 Å². The van der Waals surface area contributed by atoms with Gasteiger partial charge in [-0.15, -0.1) is 5.10 Å². The van der Waals surface area contributed by atoms with Gasteiger partial charge >= 0.3 is 0 Å². The van der Waals surface area contributed by atoms with E-state index in [1.165, 1.54) is 11.8 Å². The molecule has 0 unspecified atom stereocenters. The van der Waals surface area contributed by atoms with Gasteiger partial charge in [0.05, 0.1) is 17.1 Å². The van der Waals surface area contributed by atoms with Crippen molar-refractivity contribution in [1.29, 1.82) is 0 Å². The van der Waals surface area contributed by atoms with Crippen LogP contribution in [0, 0.1) is 5.41 Å². The molecular formula is C19H21ClN4OS. The van der Waals surface area contributed by atoms with Gasteiger partial charge < -0.3 is 5.32 Å². The molecule has 2 aliphatic carbocycles. The summed E-state index contributed by atoms with van der Waals surface area (Å²) in [7, 11) is 0. The molecule has 0 saturated heterocycles. The van der Waals surface area contributed by atoms with Gasteiger partial charge in [0.25, 0.3) is 0 Å². The number of carbonyl (C=O) groups is 1. The van der Waals surface area contributed by atoms with Gasteiger partial charge in [-0.1, -0.05) is 50.2 Å². The van der Waals surface area contributed by atoms with Gasteiger partial charge in [-0.2, -0.15) is 5.10 Å². The lowest BCUT2D eigenvalue weighted by molar-refractivity contribution is -0.113. The van der Waals surface area contributed by atoms with Gasteiger partial charge in [-0.3, -0.25) is 4.79 Å². The monoisotopic (exact) mass is 388 g/mol. The number of carbonyl (C=O) groups excluding carboxylic acids is 1. The van der Waals surface area contributed by atoms with E-state index in [1.807, 2.05) is 6.07 Å². The summed E-state index contributed by atoms with van der Waals surface area (Å²) in [5.74, 6) is 0.554. The fourth-order valence-electron chi connectivity index (χ4n) is 4.32. The number of halogens is 1. The van der Waals surface area contributed by atoms with Crippen molar-refractivity contribution >= 4 is 35.0 Å². The first-order valence-corrected chi connectivity index (χ1v) is 10.1. The number of thioether (sulfide) groups is 1. The summed E-state index contributed by atoms with van der Waals surface area (Å²) in [6, 6.07) is 7.10. The molecule has 2 atom stereocenters. The first-order valence-electron chi connectivity index (χ1n) is 8.74. The minimum atomic E-state index is -0.116. The second-order valence-corrected chi connectivity index (χ2v) is 9.20. The fourth-order valence-corrected chi connectivity index (χ4v) is 5.09. The van der Waals surface area contributed by atoms with Crippen LogP contribution in [-0.2, 0) is 10.2 Å². The molecule has 26 heavy (non-hydrogen) atoms. The molecule has 7 heteroatoms. The maximum Gasteiger partial charge on any atom is 0.234 e. The van der Waals surface area contributed by atoms with Crippen LogP contribution in [0.4, 0.5) is 5.69 Å². The summed E-state index contributed by atoms with van der Waals surface area (Å²) in [6.45, 7) is 6.90. The predicted molar refractivity (Wildman–Crippen MR) is 104 cm³/mol. The second kappa shape index (κ2) is 6.20. The van der Waals surface area contributed by atoms with Crippen LogP contribution in [0.2, 0.25) is 5.02 Å². The van der Waals surface area contributed by atoms with E-state index in [9.17, 15) is 4.79 Å². The molecule has 136 valence electrons. The van der Waals surface area contributed by atoms with Crippen molar-refractivity contribution in [2.45, 2.75) is 50.1 Å². The number of benzene rings is 1. The lowest BCUT2D eigenvalue weighted by Crippen LogP contribution is -2.32. The molecule has 1 aromatic heterocycles. The molecule has 2 bridgehead atoms. The first-order chi connectivity index (χ1) is 12.3. The molecule has 1 heterocycles. The van der Waals surface area contributed by atoms with Crippen molar-refractivity contribution in [3.63, 3.8) is 0 Å². The summed E-state index contributed by atoms with van der Waals surface area (Å²) in [5, 5.41) is 12.7. The zero-order valence-corrected chi connectivity index (χ0v) is 16.6. The number of nitrogens with zero attached hydrogens (tertiary/aromatic N) is 3. The largest absolute Gasteiger partial charge is 0.325 e. The molecule has 1 fully saturated rings. The van der Waals surface area contributed by atoms with Gasteiger partial charge in [-0.05, 0) is 36.5 Å². The SMILES string of the molecule is CC1(C)[C@H]2CC[C@]1(C)c1nc(SCC(=O)Nc3cccc(Cl)c3)nnc12. The van der Waals surface area contributed by atoms with E-state index >= 15 is 0 Å². The Labute approximate surface area is 162 Å². The van der Waals surface area contributed by atoms with Crippen LogP contribution in [0.5, 0.6) is 0 Å². The van der Waals surface area contributed by atoms with Crippen LogP contribution in [0.3, 0.4) is 0 Å². The van der Waals surface area contributed by atoms with Gasteiger partial charge in [-0.25, -0.2) is 4.98 Å². The van der Waals surface area contributed by atoms with Gasteiger partial charge in [0.15, 0.2) is 0 Å². The highest BCUT2D eigenvalue weighted by atomic mass is 35.5. The van der Waals surface area contributed by atoms with Crippen LogP contribution in [0.15, 0.2) is 29.4 Å². The topological polar surface area (TPSA) is 67.8 Å². The third-order valence-electron chi connectivity index (χ3n) is 6.21. The highest BCUT2D eigenvalue weighted by molar-refractivity contribution is 7.99. The van der Waals surface area contributed by atoms with E-state index in [2.05, 4.69) is 36.3 Å². The third-order valence-corrected chi connectivity index (χ3v) is 7.29. The molecule has 0 aliphatic heterocycles. The molecule has 1 amide bonds. The Morgan fingerprint density at radius 1 is 1.35 bits per heavy atom. The number of rotatable bonds is 4. The van der Waals surface area contributed by atoms with Crippen molar-refractivity contribution in [3.8, 4) is 0 Å². The van der Waals surface area contributed by atoms with Gasteiger partial charge in [0.2, 0.25) is 11.1 Å². The lowest BCUT2D eigenvalue weighted by Gasteiger charge is -2.33. The van der Waals surface area contributed by atoms with Crippen molar-refractivity contribution in [2.75, 3.05) is 11.1 Å². The Morgan fingerprint density at radius 3 is 2.92 bits per heavy atom. The standard InChI is InChI=1S/C19H21ClN4OS/c1-18(2)13-7-8-19(18,3)16-15(13)23-24-17(22-16)26-10-14(25)21-12-6-4-5-11(20)9-12/h4-6,9,13H,7-8,10H2,1-3H3,(H,21,25)/t13-,19+/m0/s1. The molecule has 0 spiro atoms. The Hall–Kier alpha value is -1.66. The van der Waals surface area contributed by atoms with Gasteiger partial charge in [0.1, 0.15) is 0 Å². The fraction of sp³-hybridized carbons (Fsp3) is 0.474. The average molecular weight is 389 g/mol. The van der Waals surface area contributed by atoms with Crippen molar-refractivity contribution in [1.82, 2.24) is 15.2 Å². The van der Waals surface area contributed by atoms with Crippen molar-refractivity contribution in [3.05, 3.63) is 40.7 Å². The third kappa shape index (κ3) is 2.70. The normalized spacial score (nSPS) is 25.2. The molecule has 5 nitrogen and oxygen atoms in total. The zero-order valence-electron chi connectivity index (χ0n) is 15.0. The Balaban J connectivity index is 1.46. The average Bonchev–Trinajstić information content (AvgIpc) is 2.92. The van der Waals surface area contributed by atoms with Crippen molar-refractivity contribution < 1.29 is 4.79 Å². The molecule has 2 aliphatic rings. The maximum atomic E-state index is 12.2. The molecule has 0 radical (unpaired) electrons. The van der Waals surface area contributed by atoms with Crippen LogP contribution in [0.25, 0.3) is 0 Å². The lowest BCUT2D eigenvalue weighted by atomic mass is 9.70. The number of nitrogens with one attached hydrogen (secondary N) is 1. The van der Waals surface area contributed by atoms with Gasteiger partial charge in [0, 0.05) is 22.0 Å². The van der Waals surface area contributed by atoms with E-state index in [1.54, 1.807) is 18.2 Å². The smallest absolute Gasteiger partial charge is 0.234 e. The molecule has 4 rings (SSSR count). The van der Waals surface area contributed by atoms with Crippen LogP contribution >= 0.6 is 23.4 Å². The van der Waals surface area contributed by atoms with E-state index in [0.717, 1.165) is 24.2 Å². The minimum absolute atomic E-state index is 0.0430. The summed E-state index contributed by atoms with van der Waals surface area (Å²) < 4.78 is 0. The second-order valence-electron chi connectivity index (χ2n) is 7.82. The number of fused-ring (bicyclic) bond motifs is 5. The number of amides is 1. The summed E-state index contributed by atoms with van der Waals surface area (Å²) in [4.78, 5) is 17.0. The van der Waals surface area contributed by atoms with Crippen LogP contribution in [-0.4, -0.2) is 26.8 Å². The van der Waals surface area contributed by atoms with E-state index in [-0.39, 0.29) is 22.5 Å². The molecule has 1 N–H and O–H groups in total. The van der Waals surface area contributed by atoms with Crippen LogP contribution < -0.4 is 5.32 Å².